The monoisotopic (exact) mass is 558 g/mol. The van der Waals surface area contributed by atoms with Crippen LogP contribution in [-0.2, 0) is 0 Å². The summed E-state index contributed by atoms with van der Waals surface area (Å²) in [6.07, 6.45) is 5.20. The molecule has 37 heavy (non-hydrogen) atoms. The van der Waals surface area contributed by atoms with E-state index in [0.29, 0.717) is 18.8 Å². The second-order valence-corrected chi connectivity index (χ2v) is 10.2. The summed E-state index contributed by atoms with van der Waals surface area (Å²) >= 11 is 3.47. The first-order valence-corrected chi connectivity index (χ1v) is 13.7. The van der Waals surface area contributed by atoms with Gasteiger partial charge in [-0.25, -0.2) is 5.01 Å². The Hall–Kier alpha value is -3.38. The van der Waals surface area contributed by atoms with Gasteiger partial charge in [0.25, 0.3) is 5.91 Å². The molecule has 1 heterocycles. The Morgan fingerprint density at radius 2 is 1.57 bits per heavy atom. The number of ether oxygens (including phenoxy) is 2. The number of hydrogen-bond donors (Lipinski definition) is 0. The molecule has 1 saturated carbocycles. The number of fused-ring (bicyclic) bond motifs is 1. The molecule has 2 atom stereocenters. The van der Waals surface area contributed by atoms with Crippen LogP contribution >= 0.6 is 15.9 Å². The number of carbonyl (C=O) groups excluding carboxylic acids is 1. The van der Waals surface area contributed by atoms with E-state index in [2.05, 4.69) is 46.3 Å². The van der Waals surface area contributed by atoms with E-state index >= 15 is 0 Å². The summed E-state index contributed by atoms with van der Waals surface area (Å²) in [5.41, 5.74) is 5.02. The lowest BCUT2D eigenvalue weighted by atomic mass is 9.77. The smallest absolute Gasteiger partial charge is 0.274 e. The van der Waals surface area contributed by atoms with E-state index in [-0.39, 0.29) is 17.9 Å². The van der Waals surface area contributed by atoms with E-state index in [0.717, 1.165) is 52.1 Å². The number of halogens is 1. The summed E-state index contributed by atoms with van der Waals surface area (Å²) in [5.74, 6) is 1.75. The van der Waals surface area contributed by atoms with Gasteiger partial charge in [-0.2, -0.15) is 5.10 Å². The zero-order chi connectivity index (χ0) is 25.8. The largest absolute Gasteiger partial charge is 0.494 e. The molecule has 0 aromatic heterocycles. The van der Waals surface area contributed by atoms with Crippen molar-refractivity contribution in [1.82, 2.24) is 5.01 Å². The highest BCUT2D eigenvalue weighted by Crippen LogP contribution is 2.45. The van der Waals surface area contributed by atoms with Crippen molar-refractivity contribution in [2.75, 3.05) is 13.2 Å². The zero-order valence-electron chi connectivity index (χ0n) is 21.2. The highest BCUT2D eigenvalue weighted by molar-refractivity contribution is 9.10. The van der Waals surface area contributed by atoms with E-state index in [1.54, 1.807) is 5.01 Å². The molecule has 0 radical (unpaired) electrons. The van der Waals surface area contributed by atoms with E-state index in [9.17, 15) is 4.79 Å². The summed E-state index contributed by atoms with van der Waals surface area (Å²) in [7, 11) is 0. The molecule has 0 spiro atoms. The van der Waals surface area contributed by atoms with Crippen LogP contribution in [0.4, 0.5) is 0 Å². The highest BCUT2D eigenvalue weighted by atomic mass is 79.9. The van der Waals surface area contributed by atoms with Crippen molar-refractivity contribution in [2.24, 2.45) is 11.0 Å². The third kappa shape index (κ3) is 5.49. The van der Waals surface area contributed by atoms with Crippen LogP contribution in [0, 0.1) is 5.92 Å². The second kappa shape index (κ2) is 11.3. The molecule has 0 N–H and O–H groups in total. The van der Waals surface area contributed by atoms with Gasteiger partial charge in [0.1, 0.15) is 11.5 Å². The number of hydrazone groups is 1. The fraction of sp³-hybridized carbons (Fsp3) is 0.290. The van der Waals surface area contributed by atoms with Gasteiger partial charge in [0, 0.05) is 16.0 Å². The topological polar surface area (TPSA) is 51.1 Å². The maximum absolute atomic E-state index is 13.8. The summed E-state index contributed by atoms with van der Waals surface area (Å²) in [6, 6.07) is 23.6. The lowest BCUT2D eigenvalue weighted by Crippen LogP contribution is -2.31. The van der Waals surface area contributed by atoms with Crippen molar-refractivity contribution in [3.63, 3.8) is 0 Å². The van der Waals surface area contributed by atoms with Crippen LogP contribution in [0.5, 0.6) is 11.5 Å². The molecule has 5 nitrogen and oxygen atoms in total. The zero-order valence-corrected chi connectivity index (χ0v) is 22.8. The van der Waals surface area contributed by atoms with Gasteiger partial charge < -0.3 is 9.47 Å². The van der Waals surface area contributed by atoms with Gasteiger partial charge in [0.05, 0.1) is 25.0 Å². The normalized spacial score (nSPS) is 19.9. The first kappa shape index (κ1) is 25.3. The number of allylic oxidation sites excluding steroid dienone is 1. The molecule has 1 fully saturated rings. The molecule has 0 saturated heterocycles. The fourth-order valence-electron chi connectivity index (χ4n) is 5.18. The summed E-state index contributed by atoms with van der Waals surface area (Å²) in [5, 5.41) is 6.72. The maximum atomic E-state index is 13.8. The first-order valence-electron chi connectivity index (χ1n) is 12.9. The second-order valence-electron chi connectivity index (χ2n) is 9.26. The molecular formula is C31H31BrN2O3. The Labute approximate surface area is 226 Å². The van der Waals surface area contributed by atoms with Gasteiger partial charge in [-0.05, 0) is 104 Å². The van der Waals surface area contributed by atoms with Crippen molar-refractivity contribution >= 4 is 33.6 Å². The van der Waals surface area contributed by atoms with Gasteiger partial charge in [0.15, 0.2) is 0 Å². The highest BCUT2D eigenvalue weighted by Gasteiger charge is 2.43. The molecule has 3 aromatic carbocycles. The molecule has 0 unspecified atom stereocenters. The van der Waals surface area contributed by atoms with Gasteiger partial charge in [-0.15, -0.1) is 0 Å². The van der Waals surface area contributed by atoms with E-state index in [1.807, 2.05) is 62.4 Å². The van der Waals surface area contributed by atoms with Crippen LogP contribution in [0.3, 0.4) is 0 Å². The van der Waals surface area contributed by atoms with Crippen LogP contribution < -0.4 is 9.47 Å². The van der Waals surface area contributed by atoms with Crippen LogP contribution in [0.25, 0.3) is 6.08 Å². The summed E-state index contributed by atoms with van der Waals surface area (Å²) in [6.45, 7) is 5.23. The van der Waals surface area contributed by atoms with Crippen molar-refractivity contribution in [3.8, 4) is 11.5 Å². The van der Waals surface area contributed by atoms with Crippen molar-refractivity contribution in [1.29, 1.82) is 0 Å². The molecule has 190 valence electrons. The molecule has 0 bridgehead atoms. The minimum absolute atomic E-state index is 0.0892. The fourth-order valence-corrected chi connectivity index (χ4v) is 5.45. The molecule has 6 heteroatoms. The number of hydrogen-bond acceptors (Lipinski definition) is 4. The predicted octanol–water partition coefficient (Wildman–Crippen LogP) is 7.68. The van der Waals surface area contributed by atoms with Crippen LogP contribution in [0.15, 0.2) is 87.9 Å². The van der Waals surface area contributed by atoms with E-state index < -0.39 is 0 Å². The molecular weight excluding hydrogens is 528 g/mol. The van der Waals surface area contributed by atoms with E-state index in [1.165, 1.54) is 5.57 Å². The first-order chi connectivity index (χ1) is 18.1. The van der Waals surface area contributed by atoms with Crippen molar-refractivity contribution in [2.45, 2.75) is 39.2 Å². The van der Waals surface area contributed by atoms with Crippen molar-refractivity contribution in [3.05, 3.63) is 99.5 Å². The lowest BCUT2D eigenvalue weighted by Gasteiger charge is -2.29. The number of amides is 1. The molecule has 1 amide bonds. The molecule has 5 rings (SSSR count). The number of rotatable bonds is 7. The number of nitrogens with zero attached hydrogens (tertiary/aromatic N) is 2. The minimum Gasteiger partial charge on any atom is -0.494 e. The molecule has 1 aliphatic heterocycles. The van der Waals surface area contributed by atoms with Crippen LogP contribution in [-0.4, -0.2) is 29.8 Å². The number of carbonyl (C=O) groups is 1. The SMILES string of the molecule is CCOc1ccc(/C=C2\CCC[C@H]3C2=NN(C(=O)c2ccc(Br)cc2)[C@@H]3c2ccc(OCC)cc2)cc1. The Morgan fingerprint density at radius 1 is 0.946 bits per heavy atom. The molecule has 2 aliphatic rings. The molecule has 3 aromatic rings. The summed E-state index contributed by atoms with van der Waals surface area (Å²) in [4.78, 5) is 13.8. The average Bonchev–Trinajstić information content (AvgIpc) is 3.31. The van der Waals surface area contributed by atoms with E-state index in [4.69, 9.17) is 14.6 Å². The number of benzene rings is 3. The van der Waals surface area contributed by atoms with Crippen LogP contribution in [0.2, 0.25) is 0 Å². The van der Waals surface area contributed by atoms with Gasteiger partial charge in [-0.1, -0.05) is 40.2 Å². The van der Waals surface area contributed by atoms with Crippen molar-refractivity contribution < 1.29 is 14.3 Å². The Kier molecular flexibility index (Phi) is 7.75. The van der Waals surface area contributed by atoms with Gasteiger partial charge in [-0.3, -0.25) is 4.79 Å². The lowest BCUT2D eigenvalue weighted by molar-refractivity contribution is 0.0681. The quantitative estimate of drug-likeness (QED) is 0.298. The Morgan fingerprint density at radius 3 is 2.19 bits per heavy atom. The van der Waals surface area contributed by atoms with Gasteiger partial charge in [0.2, 0.25) is 0 Å². The Balaban J connectivity index is 1.52. The minimum atomic E-state index is -0.161. The maximum Gasteiger partial charge on any atom is 0.274 e. The average molecular weight is 560 g/mol. The Bertz CT molecular complexity index is 1300. The third-order valence-corrected chi connectivity index (χ3v) is 7.39. The third-order valence-electron chi connectivity index (χ3n) is 6.87. The standard InChI is InChI=1S/C31H31BrN2O3/c1-3-36-26-16-8-21(9-17-26)20-24-6-5-7-28-29(24)33-34(31(35)23-10-14-25(32)15-11-23)30(28)22-12-18-27(19-13-22)37-4-2/h8-20,28,30H,3-7H2,1-2H3/b24-20+/t28-,30+/m0/s1. The predicted molar refractivity (Wildman–Crippen MR) is 151 cm³/mol. The van der Waals surface area contributed by atoms with Crippen LogP contribution in [0.1, 0.15) is 60.6 Å². The summed E-state index contributed by atoms with van der Waals surface area (Å²) < 4.78 is 12.2. The molecule has 1 aliphatic carbocycles. The van der Waals surface area contributed by atoms with Gasteiger partial charge >= 0.3 is 0 Å².